The minimum Gasteiger partial charge on any atom is -0.378 e. The maximum atomic E-state index is 12.7. The van der Waals surface area contributed by atoms with Crippen LogP contribution in [0.3, 0.4) is 0 Å². The van der Waals surface area contributed by atoms with Gasteiger partial charge in [-0.25, -0.2) is 4.90 Å². The van der Waals surface area contributed by atoms with E-state index in [2.05, 4.69) is 10.2 Å². The summed E-state index contributed by atoms with van der Waals surface area (Å²) < 4.78 is 5.37. The lowest BCUT2D eigenvalue weighted by molar-refractivity contribution is -0.121. The van der Waals surface area contributed by atoms with Crippen molar-refractivity contribution in [3.05, 3.63) is 53.6 Å². The van der Waals surface area contributed by atoms with Crippen molar-refractivity contribution in [2.24, 2.45) is 0 Å². The van der Waals surface area contributed by atoms with Crippen molar-refractivity contribution in [1.82, 2.24) is 0 Å². The Kier molecular flexibility index (Phi) is 5.01. The number of carbonyl (C=O) groups excluding carboxylic acids is 2. The molecule has 0 radical (unpaired) electrons. The second-order valence-electron chi connectivity index (χ2n) is 6.59. The standard InChI is InChI=1S/C20H20ClN3O3/c21-14-1-5-17(6-2-14)24-19(25)13-18(20(24)26)22-15-3-7-16(8-4-15)23-9-11-27-12-10-23/h1-8,18,22H,9-13H2/t18-/m0/s1. The van der Waals surface area contributed by atoms with Crippen molar-refractivity contribution in [2.45, 2.75) is 12.5 Å². The molecule has 0 aliphatic carbocycles. The Hall–Kier alpha value is -2.57. The number of hydrogen-bond acceptors (Lipinski definition) is 5. The summed E-state index contributed by atoms with van der Waals surface area (Å²) >= 11 is 5.88. The minimum atomic E-state index is -0.567. The molecule has 2 fully saturated rings. The zero-order valence-electron chi connectivity index (χ0n) is 14.7. The van der Waals surface area contributed by atoms with E-state index in [4.69, 9.17) is 16.3 Å². The summed E-state index contributed by atoms with van der Waals surface area (Å²) in [6.07, 6.45) is 0.132. The zero-order chi connectivity index (χ0) is 18.8. The Morgan fingerprint density at radius 3 is 2.22 bits per heavy atom. The van der Waals surface area contributed by atoms with Gasteiger partial charge in [-0.3, -0.25) is 9.59 Å². The molecule has 0 unspecified atom stereocenters. The van der Waals surface area contributed by atoms with E-state index >= 15 is 0 Å². The molecule has 1 atom stereocenters. The van der Waals surface area contributed by atoms with Gasteiger partial charge in [0.25, 0.3) is 5.91 Å². The topological polar surface area (TPSA) is 61.9 Å². The molecule has 27 heavy (non-hydrogen) atoms. The van der Waals surface area contributed by atoms with Gasteiger partial charge in [0.15, 0.2) is 0 Å². The zero-order valence-corrected chi connectivity index (χ0v) is 15.5. The lowest BCUT2D eigenvalue weighted by Gasteiger charge is -2.29. The summed E-state index contributed by atoms with van der Waals surface area (Å²) in [5.41, 5.74) is 2.48. The number of ether oxygens (including phenoxy) is 1. The van der Waals surface area contributed by atoms with Crippen molar-refractivity contribution in [3.8, 4) is 0 Å². The first-order valence-electron chi connectivity index (χ1n) is 8.93. The molecule has 2 amide bonds. The number of halogens is 1. The first-order valence-corrected chi connectivity index (χ1v) is 9.31. The van der Waals surface area contributed by atoms with Gasteiger partial charge in [0.1, 0.15) is 6.04 Å². The smallest absolute Gasteiger partial charge is 0.256 e. The van der Waals surface area contributed by atoms with E-state index in [-0.39, 0.29) is 18.2 Å². The fourth-order valence-corrected chi connectivity index (χ4v) is 3.52. The first kappa shape index (κ1) is 17.8. The summed E-state index contributed by atoms with van der Waals surface area (Å²) in [7, 11) is 0. The molecule has 0 spiro atoms. The molecular formula is C20H20ClN3O3. The molecule has 2 saturated heterocycles. The van der Waals surface area contributed by atoms with Gasteiger partial charge >= 0.3 is 0 Å². The van der Waals surface area contributed by atoms with Gasteiger partial charge in [0.2, 0.25) is 5.91 Å². The third-order valence-electron chi connectivity index (χ3n) is 4.82. The molecule has 0 aromatic heterocycles. The van der Waals surface area contributed by atoms with Crippen LogP contribution in [0.2, 0.25) is 5.02 Å². The third-order valence-corrected chi connectivity index (χ3v) is 5.07. The van der Waals surface area contributed by atoms with Crippen LogP contribution in [0.4, 0.5) is 17.1 Å². The maximum absolute atomic E-state index is 12.7. The normalized spacial score (nSPS) is 20.3. The largest absolute Gasteiger partial charge is 0.378 e. The van der Waals surface area contributed by atoms with E-state index in [0.29, 0.717) is 10.7 Å². The second-order valence-corrected chi connectivity index (χ2v) is 7.03. The van der Waals surface area contributed by atoms with Crippen LogP contribution in [0, 0.1) is 0 Å². The summed E-state index contributed by atoms with van der Waals surface area (Å²) in [5, 5.41) is 3.74. The van der Waals surface area contributed by atoms with Crippen LogP contribution < -0.4 is 15.1 Å². The van der Waals surface area contributed by atoms with Crippen LogP contribution in [0.25, 0.3) is 0 Å². The van der Waals surface area contributed by atoms with Gasteiger partial charge in [-0.1, -0.05) is 11.6 Å². The second kappa shape index (κ2) is 7.58. The molecule has 6 nitrogen and oxygen atoms in total. The van der Waals surface area contributed by atoms with Crippen LogP contribution in [-0.4, -0.2) is 44.2 Å². The Morgan fingerprint density at radius 2 is 1.56 bits per heavy atom. The SMILES string of the molecule is O=C1C[C@H](Nc2ccc(N3CCOCC3)cc2)C(=O)N1c1ccc(Cl)cc1. The lowest BCUT2D eigenvalue weighted by Crippen LogP contribution is -2.36. The molecule has 0 saturated carbocycles. The number of anilines is 3. The molecule has 2 aromatic carbocycles. The van der Waals surface area contributed by atoms with Crippen LogP contribution in [0.5, 0.6) is 0 Å². The molecule has 2 aliphatic heterocycles. The molecule has 2 aromatic rings. The Balaban J connectivity index is 1.44. The average molecular weight is 386 g/mol. The van der Waals surface area contributed by atoms with Gasteiger partial charge in [-0.2, -0.15) is 0 Å². The van der Waals surface area contributed by atoms with Gasteiger partial charge in [0.05, 0.1) is 25.3 Å². The highest BCUT2D eigenvalue weighted by atomic mass is 35.5. The highest BCUT2D eigenvalue weighted by molar-refractivity contribution is 6.30. The van der Waals surface area contributed by atoms with Gasteiger partial charge in [0, 0.05) is 29.5 Å². The van der Waals surface area contributed by atoms with E-state index in [1.54, 1.807) is 24.3 Å². The van der Waals surface area contributed by atoms with Crippen molar-refractivity contribution in [2.75, 3.05) is 41.4 Å². The number of nitrogens with one attached hydrogen (secondary N) is 1. The van der Waals surface area contributed by atoms with E-state index in [1.165, 1.54) is 4.90 Å². The number of benzene rings is 2. The number of imide groups is 1. The highest BCUT2D eigenvalue weighted by Crippen LogP contribution is 2.27. The van der Waals surface area contributed by atoms with Gasteiger partial charge < -0.3 is 15.0 Å². The molecular weight excluding hydrogens is 366 g/mol. The average Bonchev–Trinajstić information content (AvgIpc) is 2.97. The number of hydrogen-bond donors (Lipinski definition) is 1. The van der Waals surface area contributed by atoms with Crippen LogP contribution in [0.1, 0.15) is 6.42 Å². The number of rotatable bonds is 4. The van der Waals surface area contributed by atoms with Crippen molar-refractivity contribution in [1.29, 1.82) is 0 Å². The summed E-state index contributed by atoms with van der Waals surface area (Å²) in [4.78, 5) is 28.5. The maximum Gasteiger partial charge on any atom is 0.256 e. The van der Waals surface area contributed by atoms with Crippen LogP contribution in [0.15, 0.2) is 48.5 Å². The van der Waals surface area contributed by atoms with Crippen molar-refractivity contribution >= 4 is 40.5 Å². The lowest BCUT2D eigenvalue weighted by atomic mass is 10.2. The van der Waals surface area contributed by atoms with E-state index < -0.39 is 6.04 Å². The van der Waals surface area contributed by atoms with E-state index in [9.17, 15) is 9.59 Å². The first-order chi connectivity index (χ1) is 13.1. The molecule has 1 N–H and O–H groups in total. The van der Waals surface area contributed by atoms with Crippen LogP contribution >= 0.6 is 11.6 Å². The van der Waals surface area contributed by atoms with Crippen molar-refractivity contribution in [3.63, 3.8) is 0 Å². The minimum absolute atomic E-state index is 0.132. The number of nitrogens with zero attached hydrogens (tertiary/aromatic N) is 2. The summed E-state index contributed by atoms with van der Waals surface area (Å²) in [6, 6.07) is 14.0. The molecule has 140 valence electrons. The Labute approximate surface area is 162 Å². The fourth-order valence-electron chi connectivity index (χ4n) is 3.40. The monoisotopic (exact) mass is 385 g/mol. The molecule has 2 aliphatic rings. The van der Waals surface area contributed by atoms with Gasteiger partial charge in [-0.15, -0.1) is 0 Å². The van der Waals surface area contributed by atoms with E-state index in [1.807, 2.05) is 24.3 Å². The fraction of sp³-hybridized carbons (Fsp3) is 0.300. The molecule has 4 rings (SSSR count). The number of amides is 2. The summed E-state index contributed by atoms with van der Waals surface area (Å²) in [5.74, 6) is -0.468. The molecule has 2 heterocycles. The predicted octanol–water partition coefficient (Wildman–Crippen LogP) is 2.92. The van der Waals surface area contributed by atoms with Crippen molar-refractivity contribution < 1.29 is 14.3 Å². The van der Waals surface area contributed by atoms with Crippen LogP contribution in [-0.2, 0) is 14.3 Å². The third kappa shape index (κ3) is 3.77. The number of morpholine rings is 1. The van der Waals surface area contributed by atoms with E-state index in [0.717, 1.165) is 37.7 Å². The Morgan fingerprint density at radius 1 is 0.926 bits per heavy atom. The molecule has 0 bridgehead atoms. The highest BCUT2D eigenvalue weighted by Gasteiger charge is 2.39. The molecule has 7 heteroatoms. The Bertz CT molecular complexity index is 833. The predicted molar refractivity (Wildman–Crippen MR) is 105 cm³/mol. The van der Waals surface area contributed by atoms with Gasteiger partial charge in [-0.05, 0) is 48.5 Å². The number of carbonyl (C=O) groups is 2. The quantitative estimate of drug-likeness (QED) is 0.820. The summed E-state index contributed by atoms with van der Waals surface area (Å²) in [6.45, 7) is 3.22.